The molecule has 0 atom stereocenters. The Bertz CT molecular complexity index is 1700. The maximum Gasteiger partial charge on any atom is 0.172 e. The van der Waals surface area contributed by atoms with Crippen molar-refractivity contribution in [2.24, 2.45) is 5.41 Å². The van der Waals surface area contributed by atoms with E-state index in [-0.39, 0.29) is 5.41 Å². The van der Waals surface area contributed by atoms with Crippen LogP contribution in [0.1, 0.15) is 33.3 Å². The summed E-state index contributed by atoms with van der Waals surface area (Å²) in [5.74, 6) is 0. The van der Waals surface area contributed by atoms with Crippen LogP contribution in [0, 0.1) is 12.3 Å². The van der Waals surface area contributed by atoms with E-state index in [4.69, 9.17) is 5.79 Å². The van der Waals surface area contributed by atoms with Crippen LogP contribution in [0.2, 0.25) is 0 Å². The normalized spacial score (nSPS) is 12.9. The third-order valence-corrected chi connectivity index (χ3v) is 7.04. The average molecular weight is 438 g/mol. The Hall–Kier alpha value is -3.24. The highest BCUT2D eigenvalue weighted by Gasteiger charge is 2.20. The van der Waals surface area contributed by atoms with Crippen LogP contribution >= 0.6 is 11.3 Å². The van der Waals surface area contributed by atoms with Gasteiger partial charge in [-0.25, -0.2) is 9.97 Å². The van der Waals surface area contributed by atoms with Crippen LogP contribution in [0.15, 0.2) is 65.3 Å². The molecule has 0 N–H and O–H groups in total. The lowest BCUT2D eigenvalue weighted by Crippen LogP contribution is -2.08. The van der Waals surface area contributed by atoms with E-state index in [1.165, 1.54) is 11.1 Å². The molecule has 6 aromatic rings. The molecule has 0 aliphatic carbocycles. The van der Waals surface area contributed by atoms with Crippen molar-refractivity contribution in [3.05, 3.63) is 72.0 Å². The van der Waals surface area contributed by atoms with Crippen molar-refractivity contribution in [1.82, 2.24) is 9.97 Å². The summed E-state index contributed by atoms with van der Waals surface area (Å²) in [6, 6.07) is 17.2. The van der Waals surface area contributed by atoms with Crippen molar-refractivity contribution in [2.75, 3.05) is 0 Å². The van der Waals surface area contributed by atoms with E-state index in [9.17, 15) is 0 Å². The molecule has 32 heavy (non-hydrogen) atoms. The molecule has 0 saturated heterocycles. The Morgan fingerprint density at radius 1 is 0.969 bits per heavy atom. The molecule has 4 heteroatoms. The molecule has 0 bridgehead atoms. The van der Waals surface area contributed by atoms with Crippen molar-refractivity contribution in [1.29, 1.82) is 0 Å². The van der Waals surface area contributed by atoms with E-state index >= 15 is 0 Å². The molecular weight excluding hydrogens is 412 g/mol. The predicted octanol–water partition coefficient (Wildman–Crippen LogP) is 8.31. The summed E-state index contributed by atoms with van der Waals surface area (Å²) < 4.78 is 16.9. The second-order valence-electron chi connectivity index (χ2n) is 9.81. The minimum absolute atomic E-state index is 0.220. The van der Waals surface area contributed by atoms with Gasteiger partial charge >= 0.3 is 0 Å². The topological polar surface area (TPSA) is 38.9 Å². The second kappa shape index (κ2) is 6.88. The molecule has 0 spiro atoms. The summed E-state index contributed by atoms with van der Waals surface area (Å²) in [6.07, 6.45) is 2.61. The standard InChI is InChI=1S/C28H24N2OS/c1-16-5-7-18-8-9-19(13-20(18)11-16)23-27-24(30-15-29-23)25-26(32-27)21-12-17(14-28(2,3)4)6-10-22(21)31-25/h5-13,15H,14H2,1-4H3/i8D. The third-order valence-electron chi connectivity index (χ3n) is 5.84. The van der Waals surface area contributed by atoms with E-state index < -0.39 is 0 Å². The van der Waals surface area contributed by atoms with Gasteiger partial charge in [0.1, 0.15) is 17.4 Å². The van der Waals surface area contributed by atoms with Gasteiger partial charge in [0.2, 0.25) is 0 Å². The summed E-state index contributed by atoms with van der Waals surface area (Å²) in [6.45, 7) is 8.85. The number of hydrogen-bond acceptors (Lipinski definition) is 4. The second-order valence-corrected chi connectivity index (χ2v) is 10.8. The lowest BCUT2D eigenvalue weighted by Gasteiger charge is -2.17. The summed E-state index contributed by atoms with van der Waals surface area (Å²) in [5, 5.41) is 3.14. The molecular formula is C28H24N2OS. The predicted molar refractivity (Wildman–Crippen MR) is 136 cm³/mol. The minimum atomic E-state index is 0.220. The van der Waals surface area contributed by atoms with Gasteiger partial charge < -0.3 is 4.42 Å². The van der Waals surface area contributed by atoms with Crippen molar-refractivity contribution >= 4 is 53.6 Å². The quantitative estimate of drug-likeness (QED) is 0.273. The monoisotopic (exact) mass is 437 g/mol. The molecule has 0 saturated carbocycles. The molecule has 3 aromatic heterocycles. The zero-order valence-electron chi connectivity index (χ0n) is 19.6. The zero-order valence-corrected chi connectivity index (χ0v) is 19.4. The van der Waals surface area contributed by atoms with Gasteiger partial charge in [-0.1, -0.05) is 62.7 Å². The molecule has 3 heterocycles. The molecule has 0 amide bonds. The highest BCUT2D eigenvalue weighted by Crippen LogP contribution is 2.43. The van der Waals surface area contributed by atoms with Gasteiger partial charge in [-0.2, -0.15) is 0 Å². The first-order valence-corrected chi connectivity index (χ1v) is 11.7. The van der Waals surface area contributed by atoms with Gasteiger partial charge in [0, 0.05) is 10.9 Å². The molecule has 0 unspecified atom stereocenters. The molecule has 3 aromatic carbocycles. The third kappa shape index (κ3) is 3.18. The summed E-state index contributed by atoms with van der Waals surface area (Å²) >= 11 is 1.68. The molecule has 158 valence electrons. The Balaban J connectivity index is 1.58. The van der Waals surface area contributed by atoms with Crippen LogP contribution in [0.3, 0.4) is 0 Å². The number of hydrogen-bond donors (Lipinski definition) is 0. The van der Waals surface area contributed by atoms with E-state index in [0.29, 0.717) is 6.04 Å². The van der Waals surface area contributed by atoms with Crippen molar-refractivity contribution in [3.63, 3.8) is 0 Å². The number of nitrogens with zero attached hydrogens (tertiary/aromatic N) is 2. The van der Waals surface area contributed by atoms with E-state index in [1.807, 2.05) is 12.1 Å². The van der Waals surface area contributed by atoms with Crippen LogP contribution in [0.4, 0.5) is 0 Å². The SMILES string of the molecule is [2H]c1cc(-c2ncnc3c2sc2c4cc(CC(C)(C)C)ccc4oc32)cc2cc(C)ccc12. The number of furan rings is 1. The maximum atomic E-state index is 8.55. The van der Waals surface area contributed by atoms with E-state index in [1.54, 1.807) is 17.7 Å². The number of benzene rings is 3. The number of thiophene rings is 1. The Labute approximate surface area is 192 Å². The molecule has 3 nitrogen and oxygen atoms in total. The fourth-order valence-electron chi connectivity index (χ4n) is 4.48. The number of fused-ring (bicyclic) bond motifs is 6. The van der Waals surface area contributed by atoms with Gasteiger partial charge in [0.15, 0.2) is 5.58 Å². The lowest BCUT2D eigenvalue weighted by atomic mass is 9.88. The Morgan fingerprint density at radius 2 is 1.84 bits per heavy atom. The van der Waals surface area contributed by atoms with E-state index in [2.05, 4.69) is 74.1 Å². The number of aryl methyl sites for hydroxylation is 1. The van der Waals surface area contributed by atoms with Crippen molar-refractivity contribution in [3.8, 4) is 11.3 Å². The lowest BCUT2D eigenvalue weighted by molar-refractivity contribution is 0.411. The highest BCUT2D eigenvalue weighted by atomic mass is 32.1. The van der Waals surface area contributed by atoms with Crippen molar-refractivity contribution in [2.45, 2.75) is 34.1 Å². The van der Waals surface area contributed by atoms with Crippen LogP contribution in [-0.2, 0) is 6.42 Å². The molecule has 6 rings (SSSR count). The van der Waals surface area contributed by atoms with Gasteiger partial charge in [-0.3, -0.25) is 0 Å². The van der Waals surface area contributed by atoms with Crippen LogP contribution in [0.25, 0.3) is 53.5 Å². The maximum absolute atomic E-state index is 8.55. The Kier molecular flexibility index (Phi) is 3.94. The number of aromatic nitrogens is 2. The zero-order chi connectivity index (χ0) is 22.9. The van der Waals surface area contributed by atoms with Crippen LogP contribution < -0.4 is 0 Å². The first-order chi connectivity index (χ1) is 15.8. The molecule has 0 fully saturated rings. The van der Waals surface area contributed by atoms with Gasteiger partial charge in [-0.15, -0.1) is 11.3 Å². The first-order valence-electron chi connectivity index (χ1n) is 11.4. The minimum Gasteiger partial charge on any atom is -0.453 e. The number of rotatable bonds is 2. The summed E-state index contributed by atoms with van der Waals surface area (Å²) in [5.41, 5.74) is 7.06. The summed E-state index contributed by atoms with van der Waals surface area (Å²) in [7, 11) is 0. The average Bonchev–Trinajstić information content (AvgIpc) is 3.28. The Morgan fingerprint density at radius 3 is 2.69 bits per heavy atom. The van der Waals surface area contributed by atoms with Crippen LogP contribution in [0.5, 0.6) is 0 Å². The fourth-order valence-corrected chi connectivity index (χ4v) is 5.69. The first kappa shape index (κ1) is 18.3. The highest BCUT2D eigenvalue weighted by molar-refractivity contribution is 7.27. The van der Waals surface area contributed by atoms with Gasteiger partial charge in [0.05, 0.1) is 16.5 Å². The van der Waals surface area contributed by atoms with Gasteiger partial charge in [0.25, 0.3) is 0 Å². The largest absolute Gasteiger partial charge is 0.453 e. The fraction of sp³-hybridized carbons (Fsp3) is 0.214. The van der Waals surface area contributed by atoms with Gasteiger partial charge in [-0.05, 0) is 53.3 Å². The molecule has 0 aliphatic rings. The van der Waals surface area contributed by atoms with Crippen LogP contribution in [-0.4, -0.2) is 9.97 Å². The van der Waals surface area contributed by atoms with E-state index in [0.717, 1.165) is 59.9 Å². The van der Waals surface area contributed by atoms with Crippen molar-refractivity contribution < 1.29 is 5.79 Å². The summed E-state index contributed by atoms with van der Waals surface area (Å²) in [4.78, 5) is 9.23. The smallest absolute Gasteiger partial charge is 0.172 e. The molecule has 0 radical (unpaired) electrons. The molecule has 0 aliphatic heterocycles.